The number of likely N-dealkylation sites (tertiary alicyclic amines) is 1. The second-order valence-electron chi connectivity index (χ2n) is 9.16. The SMILES string of the molecule is O=C(O)CC1CCN(C(=O)CCCCCNC(=O)OCC2c3ccccc3-c3ccccc32)C1. The number of carbonyl (C=O) groups excluding carboxylic acids is 2. The van der Waals surface area contributed by atoms with Crippen LogP contribution < -0.4 is 5.32 Å². The molecule has 1 aliphatic heterocycles. The average Bonchev–Trinajstić information content (AvgIpc) is 3.42. The predicted octanol–water partition coefficient (Wildman–Crippen LogP) is 4.41. The normalized spacial score (nSPS) is 16.7. The number of fused-ring (bicyclic) bond motifs is 3. The van der Waals surface area contributed by atoms with Gasteiger partial charge in [0, 0.05) is 38.4 Å². The zero-order chi connectivity index (χ0) is 23.9. The second kappa shape index (κ2) is 11.2. The lowest BCUT2D eigenvalue weighted by atomic mass is 9.98. The van der Waals surface area contributed by atoms with Crippen LogP contribution >= 0.6 is 0 Å². The number of hydrogen-bond donors (Lipinski definition) is 2. The number of amides is 2. The van der Waals surface area contributed by atoms with Crippen LogP contribution in [0.5, 0.6) is 0 Å². The van der Waals surface area contributed by atoms with Crippen molar-refractivity contribution in [1.82, 2.24) is 10.2 Å². The smallest absolute Gasteiger partial charge is 0.407 e. The zero-order valence-electron chi connectivity index (χ0n) is 19.4. The molecule has 2 aliphatic rings. The highest BCUT2D eigenvalue weighted by atomic mass is 16.5. The first kappa shape index (κ1) is 23.8. The maximum absolute atomic E-state index is 12.3. The van der Waals surface area contributed by atoms with Gasteiger partial charge in [-0.25, -0.2) is 4.79 Å². The van der Waals surface area contributed by atoms with E-state index >= 15 is 0 Å². The summed E-state index contributed by atoms with van der Waals surface area (Å²) >= 11 is 0. The summed E-state index contributed by atoms with van der Waals surface area (Å²) in [5.74, 6) is -0.590. The fourth-order valence-corrected chi connectivity index (χ4v) is 5.05. The molecule has 2 N–H and O–H groups in total. The summed E-state index contributed by atoms with van der Waals surface area (Å²) in [6, 6.07) is 16.5. The fourth-order valence-electron chi connectivity index (χ4n) is 5.05. The molecular formula is C27H32N2O5. The highest BCUT2D eigenvalue weighted by Crippen LogP contribution is 2.44. The number of alkyl carbamates (subject to hydrolysis) is 1. The maximum atomic E-state index is 12.3. The minimum atomic E-state index is -0.803. The Morgan fingerprint density at radius 2 is 1.65 bits per heavy atom. The minimum Gasteiger partial charge on any atom is -0.481 e. The number of nitrogens with zero attached hydrogens (tertiary/aromatic N) is 1. The van der Waals surface area contributed by atoms with Crippen LogP contribution in [0.1, 0.15) is 55.6 Å². The van der Waals surface area contributed by atoms with Gasteiger partial charge in [0.15, 0.2) is 0 Å². The van der Waals surface area contributed by atoms with Crippen molar-refractivity contribution in [2.45, 2.75) is 44.4 Å². The van der Waals surface area contributed by atoms with Crippen LogP contribution in [0.2, 0.25) is 0 Å². The molecule has 1 unspecified atom stereocenters. The molecule has 1 aliphatic carbocycles. The molecule has 1 heterocycles. The first-order chi connectivity index (χ1) is 16.5. The lowest BCUT2D eigenvalue weighted by Gasteiger charge is -2.16. The average molecular weight is 465 g/mol. The molecule has 4 rings (SSSR count). The summed E-state index contributed by atoms with van der Waals surface area (Å²) in [5, 5.41) is 11.7. The van der Waals surface area contributed by atoms with Crippen LogP contribution in [0, 0.1) is 5.92 Å². The van der Waals surface area contributed by atoms with Gasteiger partial charge in [0.25, 0.3) is 0 Å². The van der Waals surface area contributed by atoms with Gasteiger partial charge in [-0.05, 0) is 47.4 Å². The lowest BCUT2D eigenvalue weighted by molar-refractivity contribution is -0.138. The Balaban J connectivity index is 1.11. The van der Waals surface area contributed by atoms with E-state index in [0.717, 1.165) is 25.7 Å². The van der Waals surface area contributed by atoms with E-state index in [2.05, 4.69) is 29.6 Å². The quantitative estimate of drug-likeness (QED) is 0.508. The molecule has 0 saturated carbocycles. The van der Waals surface area contributed by atoms with E-state index in [1.165, 1.54) is 22.3 Å². The minimum absolute atomic E-state index is 0.0462. The third-order valence-corrected chi connectivity index (χ3v) is 6.78. The number of benzene rings is 2. The summed E-state index contributed by atoms with van der Waals surface area (Å²) in [5.41, 5.74) is 4.78. The maximum Gasteiger partial charge on any atom is 0.407 e. The van der Waals surface area contributed by atoms with Crippen LogP contribution in [0.25, 0.3) is 11.1 Å². The molecule has 0 bridgehead atoms. The molecule has 0 aromatic heterocycles. The largest absolute Gasteiger partial charge is 0.481 e. The van der Waals surface area contributed by atoms with Gasteiger partial charge < -0.3 is 20.1 Å². The molecule has 2 aromatic rings. The van der Waals surface area contributed by atoms with Gasteiger partial charge in [-0.1, -0.05) is 55.0 Å². The molecule has 2 aromatic carbocycles. The Labute approximate surface area is 200 Å². The first-order valence-corrected chi connectivity index (χ1v) is 12.1. The van der Waals surface area contributed by atoms with Gasteiger partial charge >= 0.3 is 12.1 Å². The highest BCUT2D eigenvalue weighted by Gasteiger charge is 2.29. The Bertz CT molecular complexity index is 992. The summed E-state index contributed by atoms with van der Waals surface area (Å²) in [7, 11) is 0. The van der Waals surface area contributed by atoms with Gasteiger partial charge in [-0.15, -0.1) is 0 Å². The van der Waals surface area contributed by atoms with Crippen molar-refractivity contribution in [3.8, 4) is 11.1 Å². The highest BCUT2D eigenvalue weighted by molar-refractivity contribution is 5.79. The first-order valence-electron chi connectivity index (χ1n) is 12.1. The Morgan fingerprint density at radius 1 is 0.971 bits per heavy atom. The van der Waals surface area contributed by atoms with Gasteiger partial charge in [0.05, 0.1) is 0 Å². The Kier molecular flexibility index (Phi) is 7.83. The number of ether oxygens (including phenoxy) is 1. The summed E-state index contributed by atoms with van der Waals surface area (Å²) in [4.78, 5) is 37.1. The van der Waals surface area contributed by atoms with E-state index in [1.54, 1.807) is 4.90 Å². The van der Waals surface area contributed by atoms with Gasteiger partial charge in [0.1, 0.15) is 6.61 Å². The molecule has 1 saturated heterocycles. The number of unbranched alkanes of at least 4 members (excludes halogenated alkanes) is 2. The van der Waals surface area contributed by atoms with E-state index in [-0.39, 0.29) is 24.2 Å². The molecule has 1 atom stereocenters. The van der Waals surface area contributed by atoms with E-state index in [9.17, 15) is 14.4 Å². The molecule has 0 radical (unpaired) electrons. The van der Waals surface area contributed by atoms with Crippen LogP contribution in [-0.4, -0.2) is 54.2 Å². The van der Waals surface area contributed by atoms with Crippen molar-refractivity contribution < 1.29 is 24.2 Å². The summed E-state index contributed by atoms with van der Waals surface area (Å²) in [6.45, 7) is 2.01. The lowest BCUT2D eigenvalue weighted by Crippen LogP contribution is -2.29. The molecular weight excluding hydrogens is 432 g/mol. The van der Waals surface area contributed by atoms with E-state index in [1.807, 2.05) is 24.3 Å². The molecule has 7 heteroatoms. The van der Waals surface area contributed by atoms with E-state index < -0.39 is 12.1 Å². The molecule has 7 nitrogen and oxygen atoms in total. The molecule has 0 spiro atoms. The fraction of sp³-hybridized carbons (Fsp3) is 0.444. The van der Waals surface area contributed by atoms with E-state index in [0.29, 0.717) is 32.7 Å². The molecule has 2 amide bonds. The number of carboxylic acid groups (broad SMARTS) is 1. The number of carboxylic acids is 1. The second-order valence-corrected chi connectivity index (χ2v) is 9.16. The van der Waals surface area contributed by atoms with Gasteiger partial charge in [-0.2, -0.15) is 0 Å². The van der Waals surface area contributed by atoms with E-state index in [4.69, 9.17) is 9.84 Å². The van der Waals surface area contributed by atoms with Gasteiger partial charge in [0.2, 0.25) is 5.91 Å². The third kappa shape index (κ3) is 5.76. The Hall–Kier alpha value is -3.35. The molecule has 34 heavy (non-hydrogen) atoms. The van der Waals surface area contributed by atoms with Crippen molar-refractivity contribution >= 4 is 18.0 Å². The van der Waals surface area contributed by atoms with Crippen molar-refractivity contribution in [2.24, 2.45) is 5.92 Å². The molecule has 180 valence electrons. The number of rotatable bonds is 10. The predicted molar refractivity (Wildman–Crippen MR) is 128 cm³/mol. The summed E-state index contributed by atoms with van der Waals surface area (Å²) < 4.78 is 5.54. The van der Waals surface area contributed by atoms with Crippen LogP contribution in [-0.2, 0) is 14.3 Å². The zero-order valence-corrected chi connectivity index (χ0v) is 19.4. The van der Waals surface area contributed by atoms with Crippen LogP contribution in [0.15, 0.2) is 48.5 Å². The topological polar surface area (TPSA) is 95.9 Å². The molecule has 1 fully saturated rings. The summed E-state index contributed by atoms with van der Waals surface area (Å²) in [6.07, 6.45) is 3.31. The number of hydrogen-bond acceptors (Lipinski definition) is 4. The van der Waals surface area contributed by atoms with Crippen molar-refractivity contribution in [2.75, 3.05) is 26.2 Å². The number of nitrogens with one attached hydrogen (secondary N) is 1. The monoisotopic (exact) mass is 464 g/mol. The van der Waals surface area contributed by atoms with Crippen molar-refractivity contribution in [1.29, 1.82) is 0 Å². The van der Waals surface area contributed by atoms with Crippen molar-refractivity contribution in [3.05, 3.63) is 59.7 Å². The Morgan fingerprint density at radius 3 is 2.32 bits per heavy atom. The van der Waals surface area contributed by atoms with Gasteiger partial charge in [-0.3, -0.25) is 9.59 Å². The van der Waals surface area contributed by atoms with Crippen molar-refractivity contribution in [3.63, 3.8) is 0 Å². The number of carbonyl (C=O) groups is 3. The standard InChI is InChI=1S/C27H32N2O5/c30-25(29-15-13-19(17-29)16-26(31)32)12-2-1-7-14-28-27(33)34-18-24-22-10-5-3-8-20(22)21-9-4-6-11-23(21)24/h3-6,8-11,19,24H,1-2,7,12-18H2,(H,28,33)(H,31,32). The van der Waals surface area contributed by atoms with Crippen LogP contribution in [0.3, 0.4) is 0 Å². The van der Waals surface area contributed by atoms with Crippen LogP contribution in [0.4, 0.5) is 4.79 Å². The third-order valence-electron chi connectivity index (χ3n) is 6.78. The number of aliphatic carboxylic acids is 1.